The fraction of sp³-hybridized carbons (Fsp3) is 0.667. The summed E-state index contributed by atoms with van der Waals surface area (Å²) in [4.78, 5) is 0. The van der Waals surface area contributed by atoms with Gasteiger partial charge in [-0.05, 0) is 30.4 Å². The van der Waals surface area contributed by atoms with Crippen LogP contribution in [0.3, 0.4) is 0 Å². The van der Waals surface area contributed by atoms with Crippen molar-refractivity contribution in [1.82, 2.24) is 9.88 Å². The van der Waals surface area contributed by atoms with Gasteiger partial charge in [0, 0.05) is 31.5 Å². The fourth-order valence-electron chi connectivity index (χ4n) is 2.22. The molecular weight excluding hydrogens is 172 g/mol. The van der Waals surface area contributed by atoms with Gasteiger partial charge in [0.15, 0.2) is 0 Å². The second kappa shape index (κ2) is 3.77. The summed E-state index contributed by atoms with van der Waals surface area (Å²) < 4.78 is 2.18. The van der Waals surface area contributed by atoms with E-state index in [4.69, 9.17) is 0 Å². The lowest BCUT2D eigenvalue weighted by Gasteiger charge is -2.41. The maximum Gasteiger partial charge on any atom is 0.0361 e. The summed E-state index contributed by atoms with van der Waals surface area (Å²) in [5, 5.41) is 3.62. The highest BCUT2D eigenvalue weighted by Crippen LogP contribution is 2.33. The molecule has 1 aliphatic carbocycles. The maximum atomic E-state index is 3.62. The molecule has 1 saturated carbocycles. The largest absolute Gasteiger partial charge is 0.353 e. The van der Waals surface area contributed by atoms with Crippen LogP contribution in [0.15, 0.2) is 18.3 Å². The van der Waals surface area contributed by atoms with Crippen LogP contribution in [0.4, 0.5) is 0 Å². The van der Waals surface area contributed by atoms with Crippen molar-refractivity contribution in [3.63, 3.8) is 0 Å². The van der Waals surface area contributed by atoms with E-state index in [0.29, 0.717) is 0 Å². The van der Waals surface area contributed by atoms with Gasteiger partial charge >= 0.3 is 0 Å². The smallest absolute Gasteiger partial charge is 0.0361 e. The molecule has 0 saturated heterocycles. The summed E-state index contributed by atoms with van der Waals surface area (Å²) in [6.07, 6.45) is 3.44. The van der Waals surface area contributed by atoms with Crippen LogP contribution in [0.2, 0.25) is 0 Å². The van der Waals surface area contributed by atoms with Crippen molar-refractivity contribution >= 4 is 0 Å². The number of hydrogen-bond donors (Lipinski definition) is 1. The van der Waals surface area contributed by atoms with E-state index in [2.05, 4.69) is 49.1 Å². The number of aromatic nitrogens is 1. The maximum absolute atomic E-state index is 3.62. The van der Waals surface area contributed by atoms with Gasteiger partial charge in [-0.25, -0.2) is 0 Å². The Morgan fingerprint density at radius 3 is 2.79 bits per heavy atom. The van der Waals surface area contributed by atoms with Crippen LogP contribution in [-0.4, -0.2) is 10.6 Å². The molecular formula is C12H20N2. The van der Waals surface area contributed by atoms with E-state index in [-0.39, 0.29) is 0 Å². The van der Waals surface area contributed by atoms with E-state index >= 15 is 0 Å². The van der Waals surface area contributed by atoms with E-state index in [0.717, 1.165) is 24.4 Å². The van der Waals surface area contributed by atoms with Gasteiger partial charge in [0.25, 0.3) is 0 Å². The number of nitrogens with zero attached hydrogens (tertiary/aromatic N) is 1. The Morgan fingerprint density at radius 2 is 2.29 bits per heavy atom. The Morgan fingerprint density at radius 1 is 1.50 bits per heavy atom. The van der Waals surface area contributed by atoms with Crippen molar-refractivity contribution in [2.75, 3.05) is 0 Å². The Kier molecular flexibility index (Phi) is 2.64. The molecule has 0 aliphatic heterocycles. The van der Waals surface area contributed by atoms with E-state index in [1.165, 1.54) is 12.1 Å². The number of rotatable bonds is 3. The van der Waals surface area contributed by atoms with Gasteiger partial charge < -0.3 is 9.88 Å². The first kappa shape index (κ1) is 9.78. The molecule has 0 spiro atoms. The molecule has 1 N–H and O–H groups in total. The monoisotopic (exact) mass is 192 g/mol. The van der Waals surface area contributed by atoms with Gasteiger partial charge in [0.1, 0.15) is 0 Å². The van der Waals surface area contributed by atoms with Gasteiger partial charge in [0.2, 0.25) is 0 Å². The van der Waals surface area contributed by atoms with Gasteiger partial charge in [-0.3, -0.25) is 0 Å². The van der Waals surface area contributed by atoms with E-state index in [1.807, 2.05) is 0 Å². The van der Waals surface area contributed by atoms with Crippen LogP contribution < -0.4 is 5.32 Å². The molecule has 2 nitrogen and oxygen atoms in total. The molecule has 0 amide bonds. The van der Waals surface area contributed by atoms with Gasteiger partial charge in [0.05, 0.1) is 0 Å². The van der Waals surface area contributed by atoms with Crippen LogP contribution in [0, 0.1) is 11.8 Å². The minimum absolute atomic E-state index is 0.736. The van der Waals surface area contributed by atoms with Crippen LogP contribution in [-0.2, 0) is 13.6 Å². The van der Waals surface area contributed by atoms with Crippen LogP contribution >= 0.6 is 0 Å². The summed E-state index contributed by atoms with van der Waals surface area (Å²) in [6, 6.07) is 5.02. The lowest BCUT2D eigenvalue weighted by atomic mass is 9.71. The highest BCUT2D eigenvalue weighted by molar-refractivity contribution is 5.06. The van der Waals surface area contributed by atoms with Crippen molar-refractivity contribution in [3.8, 4) is 0 Å². The minimum Gasteiger partial charge on any atom is -0.353 e. The Hall–Kier alpha value is -0.760. The third-order valence-corrected chi connectivity index (χ3v) is 3.75. The van der Waals surface area contributed by atoms with Crippen molar-refractivity contribution in [1.29, 1.82) is 0 Å². The summed E-state index contributed by atoms with van der Waals surface area (Å²) >= 11 is 0. The predicted molar refractivity (Wildman–Crippen MR) is 59.0 cm³/mol. The highest BCUT2D eigenvalue weighted by Gasteiger charge is 2.33. The Bertz CT molecular complexity index is 303. The quantitative estimate of drug-likeness (QED) is 0.776. The van der Waals surface area contributed by atoms with Crippen molar-refractivity contribution in [2.24, 2.45) is 18.9 Å². The van der Waals surface area contributed by atoms with Crippen molar-refractivity contribution in [3.05, 3.63) is 24.0 Å². The third kappa shape index (κ3) is 1.71. The van der Waals surface area contributed by atoms with Gasteiger partial charge in [-0.1, -0.05) is 13.8 Å². The molecule has 1 aliphatic rings. The molecule has 2 rings (SSSR count). The second-order valence-electron chi connectivity index (χ2n) is 4.67. The summed E-state index contributed by atoms with van der Waals surface area (Å²) in [6.45, 7) is 5.69. The molecule has 0 bridgehead atoms. The number of nitrogens with one attached hydrogen (secondary N) is 1. The third-order valence-electron chi connectivity index (χ3n) is 3.75. The first-order chi connectivity index (χ1) is 6.68. The zero-order valence-corrected chi connectivity index (χ0v) is 9.33. The lowest BCUT2D eigenvalue weighted by Crippen LogP contribution is -2.47. The number of aryl methyl sites for hydroxylation is 1. The molecule has 0 aromatic carbocycles. The van der Waals surface area contributed by atoms with Crippen molar-refractivity contribution in [2.45, 2.75) is 32.9 Å². The van der Waals surface area contributed by atoms with Gasteiger partial charge in [-0.15, -0.1) is 0 Å². The summed E-state index contributed by atoms with van der Waals surface area (Å²) in [7, 11) is 2.10. The molecule has 0 radical (unpaired) electrons. The zero-order valence-electron chi connectivity index (χ0n) is 9.33. The van der Waals surface area contributed by atoms with E-state index in [1.54, 1.807) is 0 Å². The molecule has 1 aromatic rings. The SMILES string of the molecule is CC1CC(NCc2cccn2C)C1C. The topological polar surface area (TPSA) is 17.0 Å². The Labute approximate surface area is 86.3 Å². The predicted octanol–water partition coefficient (Wildman–Crippen LogP) is 2.16. The van der Waals surface area contributed by atoms with E-state index in [9.17, 15) is 0 Å². The summed E-state index contributed by atoms with van der Waals surface area (Å²) in [5.41, 5.74) is 1.37. The molecule has 3 unspecified atom stereocenters. The van der Waals surface area contributed by atoms with Crippen LogP contribution in [0.1, 0.15) is 26.0 Å². The molecule has 78 valence electrons. The zero-order chi connectivity index (χ0) is 10.1. The van der Waals surface area contributed by atoms with E-state index < -0.39 is 0 Å². The molecule has 14 heavy (non-hydrogen) atoms. The standard InChI is InChI=1S/C12H20N2/c1-9-7-12(10(9)2)13-8-11-5-4-6-14(11)3/h4-6,9-10,12-13H,7-8H2,1-3H3. The second-order valence-corrected chi connectivity index (χ2v) is 4.67. The molecule has 1 aromatic heterocycles. The molecule has 2 heteroatoms. The first-order valence-electron chi connectivity index (χ1n) is 5.52. The lowest BCUT2D eigenvalue weighted by molar-refractivity contribution is 0.136. The average Bonchev–Trinajstić information content (AvgIpc) is 2.58. The van der Waals surface area contributed by atoms with Gasteiger partial charge in [-0.2, -0.15) is 0 Å². The fourth-order valence-corrected chi connectivity index (χ4v) is 2.22. The summed E-state index contributed by atoms with van der Waals surface area (Å²) in [5.74, 6) is 1.75. The highest BCUT2D eigenvalue weighted by atomic mass is 15.0. The number of hydrogen-bond acceptors (Lipinski definition) is 1. The minimum atomic E-state index is 0.736. The average molecular weight is 192 g/mol. The van der Waals surface area contributed by atoms with Crippen LogP contribution in [0.5, 0.6) is 0 Å². The first-order valence-corrected chi connectivity index (χ1v) is 5.52. The van der Waals surface area contributed by atoms with Crippen molar-refractivity contribution < 1.29 is 0 Å². The normalized spacial score (nSPS) is 31.5. The van der Waals surface area contributed by atoms with Crippen LogP contribution in [0.25, 0.3) is 0 Å². The molecule has 1 heterocycles. The Balaban J connectivity index is 1.81. The molecule has 3 atom stereocenters. The molecule has 1 fully saturated rings.